The number of amides is 1. The van der Waals surface area contributed by atoms with Crippen molar-refractivity contribution >= 4 is 24.0 Å². The molecular formula is C19H21F2N2O2P. The zero-order valence-corrected chi connectivity index (χ0v) is 15.8. The quantitative estimate of drug-likeness (QED) is 0.832. The van der Waals surface area contributed by atoms with Gasteiger partial charge in [-0.25, -0.2) is 8.78 Å². The van der Waals surface area contributed by atoms with Gasteiger partial charge in [-0.05, 0) is 50.1 Å². The highest BCUT2D eigenvalue weighted by atomic mass is 31.2. The number of hydrogen-bond donors (Lipinski definition) is 1. The Hall–Kier alpha value is -2.04. The van der Waals surface area contributed by atoms with Gasteiger partial charge in [-0.1, -0.05) is 24.3 Å². The molecule has 1 aliphatic rings. The van der Waals surface area contributed by atoms with Crippen LogP contribution in [0, 0.1) is 11.6 Å². The number of carbonyl (C=O) groups is 1. The molecule has 1 saturated heterocycles. The minimum absolute atomic E-state index is 0.257. The summed E-state index contributed by atoms with van der Waals surface area (Å²) in [4.78, 5) is 13.4. The van der Waals surface area contributed by atoms with E-state index in [1.54, 1.807) is 44.6 Å². The highest BCUT2D eigenvalue weighted by molar-refractivity contribution is 7.70. The molecule has 1 N–H and O–H groups in total. The van der Waals surface area contributed by atoms with Crippen molar-refractivity contribution in [3.05, 3.63) is 48.0 Å². The van der Waals surface area contributed by atoms with Gasteiger partial charge in [0.2, 0.25) is 5.91 Å². The van der Waals surface area contributed by atoms with Crippen LogP contribution in [0.25, 0.3) is 11.1 Å². The van der Waals surface area contributed by atoms with Crippen molar-refractivity contribution < 1.29 is 18.1 Å². The average Bonchev–Trinajstić information content (AvgIpc) is 2.94. The molecule has 4 nitrogen and oxygen atoms in total. The molecule has 3 rings (SSSR count). The van der Waals surface area contributed by atoms with E-state index < -0.39 is 24.8 Å². The molecule has 0 radical (unpaired) electrons. The van der Waals surface area contributed by atoms with Crippen molar-refractivity contribution in [1.29, 1.82) is 0 Å². The van der Waals surface area contributed by atoms with Crippen LogP contribution < -0.4 is 15.5 Å². The number of likely N-dealkylation sites (N-methyl/N-ethyl adjacent to an activating group) is 1. The maximum absolute atomic E-state index is 14.8. The Kier molecular flexibility index (Phi) is 5.00. The fraction of sp³-hybridized carbons (Fsp3) is 0.316. The lowest BCUT2D eigenvalue weighted by Gasteiger charge is -2.20. The third-order valence-electron chi connectivity index (χ3n) is 4.64. The zero-order chi connectivity index (χ0) is 19.1. The van der Waals surface area contributed by atoms with Gasteiger partial charge in [0.25, 0.3) is 0 Å². The van der Waals surface area contributed by atoms with Gasteiger partial charge in [0.15, 0.2) is 11.6 Å². The SMILES string of the molecule is CNC1CCN(c2c(F)cc(-c3ccccc3P(C)(C)=O)cc2F)C1=O. The Morgan fingerprint density at radius 3 is 2.31 bits per heavy atom. The maximum Gasteiger partial charge on any atom is 0.244 e. The first-order valence-corrected chi connectivity index (χ1v) is 11.0. The molecule has 2 aromatic rings. The van der Waals surface area contributed by atoms with Crippen LogP contribution in [-0.4, -0.2) is 38.9 Å². The number of nitrogens with one attached hydrogen (secondary N) is 1. The van der Waals surface area contributed by atoms with E-state index in [2.05, 4.69) is 5.32 Å². The molecular weight excluding hydrogens is 357 g/mol. The van der Waals surface area contributed by atoms with Crippen LogP contribution in [0.5, 0.6) is 0 Å². The molecule has 1 unspecified atom stereocenters. The average molecular weight is 378 g/mol. The number of halogens is 2. The number of benzene rings is 2. The predicted molar refractivity (Wildman–Crippen MR) is 101 cm³/mol. The standard InChI is InChI=1S/C19H21F2N2O2P/c1-22-16-8-9-23(19(16)24)18-14(20)10-12(11-15(18)21)13-6-4-5-7-17(13)26(2,3)25/h4-7,10-11,16,22H,8-9H2,1-3H3. The van der Waals surface area contributed by atoms with E-state index in [1.165, 1.54) is 12.1 Å². The molecule has 0 aliphatic carbocycles. The summed E-state index contributed by atoms with van der Waals surface area (Å²) in [7, 11) is -0.978. The fourth-order valence-corrected chi connectivity index (χ4v) is 4.56. The molecule has 0 spiro atoms. The first kappa shape index (κ1) is 18.7. The summed E-state index contributed by atoms with van der Waals surface area (Å²) < 4.78 is 42.0. The van der Waals surface area contributed by atoms with Gasteiger partial charge >= 0.3 is 0 Å². The second-order valence-electron chi connectivity index (χ2n) is 6.78. The van der Waals surface area contributed by atoms with Gasteiger partial charge in [0.05, 0.1) is 6.04 Å². The van der Waals surface area contributed by atoms with E-state index >= 15 is 0 Å². The lowest BCUT2D eigenvalue weighted by molar-refractivity contribution is -0.118. The summed E-state index contributed by atoms with van der Waals surface area (Å²) in [5.74, 6) is -1.95. The van der Waals surface area contributed by atoms with Gasteiger partial charge in [-0.15, -0.1) is 0 Å². The highest BCUT2D eigenvalue weighted by Crippen LogP contribution is 2.40. The molecule has 1 fully saturated rings. The van der Waals surface area contributed by atoms with E-state index in [9.17, 15) is 18.1 Å². The lowest BCUT2D eigenvalue weighted by Crippen LogP contribution is -2.37. The third kappa shape index (κ3) is 3.31. The third-order valence-corrected chi connectivity index (χ3v) is 6.19. The van der Waals surface area contributed by atoms with Gasteiger partial charge in [0.1, 0.15) is 12.8 Å². The highest BCUT2D eigenvalue weighted by Gasteiger charge is 2.34. The molecule has 1 amide bonds. The Labute approximate surface area is 151 Å². The van der Waals surface area contributed by atoms with Crippen molar-refractivity contribution in [2.45, 2.75) is 12.5 Å². The monoisotopic (exact) mass is 378 g/mol. The minimum Gasteiger partial charge on any atom is -0.319 e. The van der Waals surface area contributed by atoms with Crippen LogP contribution in [0.3, 0.4) is 0 Å². The molecule has 26 heavy (non-hydrogen) atoms. The Morgan fingerprint density at radius 1 is 1.15 bits per heavy atom. The summed E-state index contributed by atoms with van der Waals surface area (Å²) in [6.07, 6.45) is 0.494. The molecule has 2 aromatic carbocycles. The molecule has 7 heteroatoms. The van der Waals surface area contributed by atoms with Gasteiger partial charge in [-0.2, -0.15) is 0 Å². The normalized spacial score (nSPS) is 17.8. The molecule has 1 atom stereocenters. The first-order chi connectivity index (χ1) is 12.2. The van der Waals surface area contributed by atoms with Crippen LogP contribution in [-0.2, 0) is 9.36 Å². The molecule has 1 aliphatic heterocycles. The Balaban J connectivity index is 2.08. The Bertz CT molecular complexity index is 887. The number of hydrogen-bond acceptors (Lipinski definition) is 3. The number of anilines is 1. The van der Waals surface area contributed by atoms with Crippen molar-refractivity contribution in [3.8, 4) is 11.1 Å². The predicted octanol–water partition coefficient (Wildman–Crippen LogP) is 3.20. The molecule has 1 heterocycles. The number of nitrogens with zero attached hydrogens (tertiary/aromatic N) is 1. The van der Waals surface area contributed by atoms with Crippen molar-refractivity contribution in [3.63, 3.8) is 0 Å². The van der Waals surface area contributed by atoms with Crippen LogP contribution in [0.2, 0.25) is 0 Å². The second-order valence-corrected chi connectivity index (χ2v) is 9.96. The van der Waals surface area contributed by atoms with Crippen molar-refractivity contribution in [1.82, 2.24) is 5.32 Å². The van der Waals surface area contributed by atoms with E-state index in [4.69, 9.17) is 0 Å². The van der Waals surface area contributed by atoms with Crippen molar-refractivity contribution in [2.75, 3.05) is 31.8 Å². The van der Waals surface area contributed by atoms with E-state index in [-0.39, 0.29) is 18.1 Å². The number of carbonyl (C=O) groups excluding carboxylic acids is 1. The van der Waals surface area contributed by atoms with Crippen LogP contribution in [0.1, 0.15) is 6.42 Å². The molecule has 0 bridgehead atoms. The van der Waals surface area contributed by atoms with E-state index in [0.29, 0.717) is 22.9 Å². The molecule has 0 saturated carbocycles. The summed E-state index contributed by atoms with van der Waals surface area (Å²) >= 11 is 0. The fourth-order valence-electron chi connectivity index (χ4n) is 3.34. The van der Waals surface area contributed by atoms with Gasteiger partial charge < -0.3 is 14.8 Å². The van der Waals surface area contributed by atoms with Gasteiger partial charge in [0, 0.05) is 11.8 Å². The second kappa shape index (κ2) is 6.93. The maximum atomic E-state index is 14.8. The minimum atomic E-state index is -2.62. The van der Waals surface area contributed by atoms with E-state index in [1.807, 2.05) is 0 Å². The summed E-state index contributed by atoms with van der Waals surface area (Å²) in [5.41, 5.74) is 0.510. The largest absolute Gasteiger partial charge is 0.319 e. The molecule has 0 aromatic heterocycles. The summed E-state index contributed by atoms with van der Waals surface area (Å²) in [6, 6.07) is 8.86. The first-order valence-electron chi connectivity index (χ1n) is 8.36. The Morgan fingerprint density at radius 2 is 1.77 bits per heavy atom. The van der Waals surface area contributed by atoms with Crippen LogP contribution in [0.15, 0.2) is 36.4 Å². The summed E-state index contributed by atoms with van der Waals surface area (Å²) in [6.45, 7) is 3.49. The van der Waals surface area contributed by atoms with Crippen molar-refractivity contribution in [2.24, 2.45) is 0 Å². The smallest absolute Gasteiger partial charge is 0.244 e. The summed E-state index contributed by atoms with van der Waals surface area (Å²) in [5, 5.41) is 3.42. The topological polar surface area (TPSA) is 49.4 Å². The van der Waals surface area contributed by atoms with E-state index in [0.717, 1.165) is 4.90 Å². The molecule has 138 valence electrons. The van der Waals surface area contributed by atoms with Crippen LogP contribution in [0.4, 0.5) is 14.5 Å². The zero-order valence-electron chi connectivity index (χ0n) is 14.9. The number of rotatable bonds is 4. The van der Waals surface area contributed by atoms with Gasteiger partial charge in [-0.3, -0.25) is 4.79 Å². The van der Waals surface area contributed by atoms with Crippen LogP contribution >= 0.6 is 7.14 Å². The lowest BCUT2D eigenvalue weighted by atomic mass is 10.0.